The molecule has 3 rings (SSSR count). The number of hydrogen-bond acceptors (Lipinski definition) is 3. The predicted octanol–water partition coefficient (Wildman–Crippen LogP) is 6.16. The number of phenolic OH excluding ortho intramolecular Hbond substituents is 1. The van der Waals surface area contributed by atoms with E-state index in [1.54, 1.807) is 12.3 Å². The summed E-state index contributed by atoms with van der Waals surface area (Å²) in [4.78, 5) is 4.45. The number of benzene rings is 3. The van der Waals surface area contributed by atoms with Gasteiger partial charge in [-0.05, 0) is 67.4 Å². The molecule has 0 saturated carbocycles. The lowest BCUT2D eigenvalue weighted by atomic mass is 10.0. The quantitative estimate of drug-likeness (QED) is 0.554. The second-order valence-electron chi connectivity index (χ2n) is 5.86. The zero-order valence-corrected chi connectivity index (χ0v) is 14.9. The molecular formula is C21H19ClN2O. The second kappa shape index (κ2) is 7.41. The fourth-order valence-electron chi connectivity index (χ4n) is 2.57. The Morgan fingerprint density at radius 2 is 1.60 bits per heavy atom. The lowest BCUT2D eigenvalue weighted by Crippen LogP contribution is -1.92. The molecule has 3 aromatic rings. The number of nitrogens with one attached hydrogen (secondary N) is 1. The first-order valence-corrected chi connectivity index (χ1v) is 8.37. The first-order chi connectivity index (χ1) is 12.0. The normalized spacial score (nSPS) is 11.0. The number of para-hydroxylation sites is 1. The van der Waals surface area contributed by atoms with Gasteiger partial charge in [0, 0.05) is 28.2 Å². The van der Waals surface area contributed by atoms with E-state index in [9.17, 15) is 5.11 Å². The summed E-state index contributed by atoms with van der Waals surface area (Å²) >= 11 is 6.25. The van der Waals surface area contributed by atoms with Crippen LogP contribution in [-0.4, -0.2) is 11.3 Å². The number of phenols is 1. The van der Waals surface area contributed by atoms with Crippen LogP contribution in [0, 0.1) is 13.8 Å². The minimum absolute atomic E-state index is 0.186. The van der Waals surface area contributed by atoms with Gasteiger partial charge in [-0.2, -0.15) is 0 Å². The molecule has 3 nitrogen and oxygen atoms in total. The van der Waals surface area contributed by atoms with Crippen LogP contribution in [0.15, 0.2) is 65.7 Å². The molecule has 0 radical (unpaired) electrons. The Morgan fingerprint density at radius 1 is 0.960 bits per heavy atom. The minimum Gasteiger partial charge on any atom is -0.507 e. The average Bonchev–Trinajstić information content (AvgIpc) is 2.62. The number of rotatable bonds is 4. The maximum absolute atomic E-state index is 10.1. The van der Waals surface area contributed by atoms with Crippen molar-refractivity contribution in [2.75, 3.05) is 5.32 Å². The highest BCUT2D eigenvalue weighted by atomic mass is 35.5. The molecule has 0 unspecified atom stereocenters. The maximum Gasteiger partial charge on any atom is 0.124 e. The van der Waals surface area contributed by atoms with Crippen LogP contribution in [0.2, 0.25) is 5.02 Å². The van der Waals surface area contributed by atoms with Gasteiger partial charge < -0.3 is 10.4 Å². The highest BCUT2D eigenvalue weighted by Crippen LogP contribution is 2.30. The van der Waals surface area contributed by atoms with Gasteiger partial charge in [-0.25, -0.2) is 0 Å². The summed E-state index contributed by atoms with van der Waals surface area (Å²) in [5.41, 5.74) is 5.14. The molecule has 2 N–H and O–H groups in total. The van der Waals surface area contributed by atoms with E-state index >= 15 is 0 Å². The van der Waals surface area contributed by atoms with E-state index in [-0.39, 0.29) is 5.75 Å². The van der Waals surface area contributed by atoms with E-state index in [1.165, 1.54) is 0 Å². The summed E-state index contributed by atoms with van der Waals surface area (Å²) in [6, 6.07) is 19.4. The van der Waals surface area contributed by atoms with Gasteiger partial charge in [0.15, 0.2) is 0 Å². The van der Waals surface area contributed by atoms with Crippen molar-refractivity contribution in [3.63, 3.8) is 0 Å². The van der Waals surface area contributed by atoms with Crippen molar-refractivity contribution in [2.45, 2.75) is 13.8 Å². The Kier molecular flexibility index (Phi) is 5.05. The Hall–Kier alpha value is -2.78. The van der Waals surface area contributed by atoms with Crippen LogP contribution in [0.5, 0.6) is 5.75 Å². The number of hydrogen-bond donors (Lipinski definition) is 2. The summed E-state index contributed by atoms with van der Waals surface area (Å²) in [5, 5.41) is 14.1. The van der Waals surface area contributed by atoms with Crippen LogP contribution in [0.25, 0.3) is 0 Å². The van der Waals surface area contributed by atoms with Gasteiger partial charge in [-0.1, -0.05) is 29.8 Å². The molecule has 0 aliphatic rings. The molecule has 0 heterocycles. The molecule has 0 spiro atoms. The third-order valence-corrected chi connectivity index (χ3v) is 4.56. The van der Waals surface area contributed by atoms with Crippen molar-refractivity contribution in [1.82, 2.24) is 0 Å². The first kappa shape index (κ1) is 17.1. The largest absolute Gasteiger partial charge is 0.507 e. The van der Waals surface area contributed by atoms with Crippen molar-refractivity contribution >= 4 is 34.9 Å². The van der Waals surface area contributed by atoms with E-state index in [0.29, 0.717) is 10.6 Å². The van der Waals surface area contributed by atoms with Gasteiger partial charge in [0.25, 0.3) is 0 Å². The Bertz CT molecular complexity index is 903. The molecule has 25 heavy (non-hydrogen) atoms. The molecule has 4 heteroatoms. The molecule has 0 bridgehead atoms. The smallest absolute Gasteiger partial charge is 0.124 e. The Balaban J connectivity index is 1.78. The summed E-state index contributed by atoms with van der Waals surface area (Å²) < 4.78 is 0. The van der Waals surface area contributed by atoms with Gasteiger partial charge in [0.05, 0.1) is 5.69 Å². The van der Waals surface area contributed by atoms with Crippen molar-refractivity contribution in [3.8, 4) is 5.75 Å². The fourth-order valence-corrected chi connectivity index (χ4v) is 2.73. The summed E-state index contributed by atoms with van der Waals surface area (Å²) in [6.07, 6.45) is 1.65. The molecule has 0 aromatic heterocycles. The number of halogens is 1. The monoisotopic (exact) mass is 350 g/mol. The lowest BCUT2D eigenvalue weighted by molar-refractivity contribution is 0.473. The first-order valence-electron chi connectivity index (χ1n) is 7.99. The Morgan fingerprint density at radius 3 is 2.28 bits per heavy atom. The Labute approximate surface area is 152 Å². The second-order valence-corrected chi connectivity index (χ2v) is 6.24. The molecule has 0 aliphatic carbocycles. The zero-order valence-electron chi connectivity index (χ0n) is 14.1. The van der Waals surface area contributed by atoms with Crippen LogP contribution in [0.1, 0.15) is 16.7 Å². The summed E-state index contributed by atoms with van der Waals surface area (Å²) in [5.74, 6) is 0.186. The molecule has 0 fully saturated rings. The van der Waals surface area contributed by atoms with Crippen molar-refractivity contribution in [1.29, 1.82) is 0 Å². The SMILES string of the molecule is Cc1cc(O)c(C=Nc2ccc(Nc3ccccc3)cc2)c(C)c1Cl. The van der Waals surface area contributed by atoms with E-state index in [1.807, 2.05) is 68.4 Å². The zero-order chi connectivity index (χ0) is 17.8. The van der Waals surface area contributed by atoms with Crippen LogP contribution < -0.4 is 5.32 Å². The van der Waals surface area contributed by atoms with Crippen LogP contribution in [0.4, 0.5) is 17.1 Å². The summed E-state index contributed by atoms with van der Waals surface area (Å²) in [6.45, 7) is 3.75. The number of anilines is 2. The maximum atomic E-state index is 10.1. The van der Waals surface area contributed by atoms with E-state index < -0.39 is 0 Å². The predicted molar refractivity (Wildman–Crippen MR) is 106 cm³/mol. The van der Waals surface area contributed by atoms with Crippen LogP contribution in [0.3, 0.4) is 0 Å². The third-order valence-electron chi connectivity index (χ3n) is 3.98. The number of aliphatic imine (C=N–C) groups is 1. The third kappa shape index (κ3) is 4.01. The average molecular weight is 351 g/mol. The molecule has 126 valence electrons. The highest BCUT2D eigenvalue weighted by molar-refractivity contribution is 6.32. The van der Waals surface area contributed by atoms with Gasteiger partial charge in [0.2, 0.25) is 0 Å². The molecule has 0 aliphatic heterocycles. The molecular weight excluding hydrogens is 332 g/mol. The van der Waals surface area contributed by atoms with E-state index in [4.69, 9.17) is 11.6 Å². The number of aromatic hydroxyl groups is 1. The van der Waals surface area contributed by atoms with Crippen LogP contribution >= 0.6 is 11.6 Å². The molecule has 3 aromatic carbocycles. The van der Waals surface area contributed by atoms with E-state index in [0.717, 1.165) is 28.2 Å². The number of nitrogens with zero attached hydrogens (tertiary/aromatic N) is 1. The highest BCUT2D eigenvalue weighted by Gasteiger charge is 2.09. The topological polar surface area (TPSA) is 44.6 Å². The van der Waals surface area contributed by atoms with Gasteiger partial charge in [-0.3, -0.25) is 4.99 Å². The van der Waals surface area contributed by atoms with E-state index in [2.05, 4.69) is 10.3 Å². The fraction of sp³-hybridized carbons (Fsp3) is 0.0952. The molecule has 0 saturated heterocycles. The number of aryl methyl sites for hydroxylation is 1. The van der Waals surface area contributed by atoms with Crippen LogP contribution in [-0.2, 0) is 0 Å². The summed E-state index contributed by atoms with van der Waals surface area (Å²) in [7, 11) is 0. The van der Waals surface area contributed by atoms with Crippen molar-refractivity contribution in [3.05, 3.63) is 82.4 Å². The lowest BCUT2D eigenvalue weighted by Gasteiger charge is -2.09. The van der Waals surface area contributed by atoms with Crippen molar-refractivity contribution < 1.29 is 5.11 Å². The van der Waals surface area contributed by atoms with Gasteiger partial charge >= 0.3 is 0 Å². The standard InChI is InChI=1S/C21H19ClN2O/c1-14-12-20(25)19(15(2)21(14)22)13-23-16-8-10-18(11-9-16)24-17-6-4-3-5-7-17/h3-13,24-25H,1-2H3. The molecule has 0 atom stereocenters. The van der Waals surface area contributed by atoms with Gasteiger partial charge in [-0.15, -0.1) is 0 Å². The van der Waals surface area contributed by atoms with Gasteiger partial charge in [0.1, 0.15) is 5.75 Å². The molecule has 0 amide bonds. The van der Waals surface area contributed by atoms with Crippen molar-refractivity contribution in [2.24, 2.45) is 4.99 Å². The minimum atomic E-state index is 0.186.